The number of nitrogens with zero attached hydrogens (tertiary/aromatic N) is 2. The first-order valence-corrected chi connectivity index (χ1v) is 8.38. The number of halogens is 4. The second kappa shape index (κ2) is 8.31. The largest absolute Gasteiger partial charge is 0.494 e. The first kappa shape index (κ1) is 19.7. The van der Waals surface area contributed by atoms with Gasteiger partial charge in [0.15, 0.2) is 0 Å². The van der Waals surface area contributed by atoms with Crippen molar-refractivity contribution in [3.8, 4) is 11.5 Å². The van der Waals surface area contributed by atoms with Crippen LogP contribution in [0.3, 0.4) is 0 Å². The van der Waals surface area contributed by atoms with Crippen molar-refractivity contribution in [2.45, 2.75) is 0 Å². The average Bonchev–Trinajstić information content (AvgIpc) is 2.70. The summed E-state index contributed by atoms with van der Waals surface area (Å²) in [6.45, 7) is 0. The molecule has 0 aliphatic rings. The third-order valence-corrected chi connectivity index (χ3v) is 4.27. The Labute approximate surface area is 163 Å². The fourth-order valence-electron chi connectivity index (χ4n) is 2.64. The highest BCUT2D eigenvalue weighted by Gasteiger charge is 2.08. The maximum atomic E-state index is 13.1. The number of fused-ring (bicyclic) bond motifs is 2. The molecule has 0 saturated carbocycles. The van der Waals surface area contributed by atoms with Gasteiger partial charge in [-0.2, -0.15) is 4.39 Å². The zero-order valence-corrected chi connectivity index (χ0v) is 15.6. The Hall–Kier alpha value is -3.06. The van der Waals surface area contributed by atoms with Gasteiger partial charge < -0.3 is 9.47 Å². The van der Waals surface area contributed by atoms with Crippen molar-refractivity contribution in [3.05, 3.63) is 71.5 Å². The molecule has 0 bridgehead atoms. The number of ether oxygens (including phenoxy) is 2. The average molecular weight is 407 g/mol. The van der Waals surface area contributed by atoms with Gasteiger partial charge in [0.05, 0.1) is 26.6 Å². The maximum absolute atomic E-state index is 13.1. The Morgan fingerprint density at radius 1 is 0.714 bits per heavy atom. The van der Waals surface area contributed by atoms with Gasteiger partial charge in [0, 0.05) is 21.5 Å². The molecule has 0 aliphatic carbocycles. The van der Waals surface area contributed by atoms with E-state index in [0.29, 0.717) is 22.3 Å². The van der Waals surface area contributed by atoms with Crippen LogP contribution in [0.5, 0.6) is 11.5 Å². The maximum Gasteiger partial charge on any atom is 0.221 e. The summed E-state index contributed by atoms with van der Waals surface area (Å²) >= 11 is 5.82. The van der Waals surface area contributed by atoms with Crippen molar-refractivity contribution in [2.24, 2.45) is 0 Å². The molecule has 0 fully saturated rings. The summed E-state index contributed by atoms with van der Waals surface area (Å²) < 4.78 is 48.9. The van der Waals surface area contributed by atoms with Gasteiger partial charge in [-0.05, 0) is 36.4 Å². The first-order chi connectivity index (χ1) is 13.4. The van der Waals surface area contributed by atoms with Crippen LogP contribution in [-0.4, -0.2) is 24.2 Å². The SMILES string of the molecule is COc1cnc(Cl)c2cc(F)ccc12.COc1cnc(F)c2cc(F)ccc12. The van der Waals surface area contributed by atoms with E-state index in [1.54, 1.807) is 6.07 Å². The Balaban J connectivity index is 0.000000161. The van der Waals surface area contributed by atoms with Crippen molar-refractivity contribution in [3.63, 3.8) is 0 Å². The number of pyridine rings is 2. The number of hydrogen-bond donors (Lipinski definition) is 0. The van der Waals surface area contributed by atoms with Gasteiger partial charge in [0.25, 0.3) is 0 Å². The number of hydrogen-bond acceptors (Lipinski definition) is 4. The highest BCUT2D eigenvalue weighted by atomic mass is 35.5. The molecule has 28 heavy (non-hydrogen) atoms. The number of benzene rings is 2. The first-order valence-electron chi connectivity index (χ1n) is 8.00. The zero-order valence-electron chi connectivity index (χ0n) is 14.8. The molecule has 0 amide bonds. The minimum Gasteiger partial charge on any atom is -0.494 e. The second-order valence-electron chi connectivity index (χ2n) is 5.61. The molecule has 8 heteroatoms. The molecule has 0 unspecified atom stereocenters. The zero-order chi connectivity index (χ0) is 20.3. The molecule has 4 aromatic rings. The fourth-order valence-corrected chi connectivity index (χ4v) is 2.84. The van der Waals surface area contributed by atoms with Crippen LogP contribution in [-0.2, 0) is 0 Å². The van der Waals surface area contributed by atoms with Crippen LogP contribution >= 0.6 is 11.6 Å². The minimum atomic E-state index is -0.694. The topological polar surface area (TPSA) is 44.2 Å². The number of rotatable bonds is 2. The summed E-state index contributed by atoms with van der Waals surface area (Å²) in [5.41, 5.74) is 0. The second-order valence-corrected chi connectivity index (χ2v) is 5.97. The number of aromatic nitrogens is 2. The van der Waals surface area contributed by atoms with Crippen LogP contribution < -0.4 is 9.47 Å². The predicted molar refractivity (Wildman–Crippen MR) is 101 cm³/mol. The Morgan fingerprint density at radius 3 is 1.79 bits per heavy atom. The molecule has 2 aromatic heterocycles. The summed E-state index contributed by atoms with van der Waals surface area (Å²) in [5.74, 6) is -0.507. The molecule has 2 heterocycles. The van der Waals surface area contributed by atoms with Crippen LogP contribution in [0.15, 0.2) is 48.8 Å². The van der Waals surface area contributed by atoms with Crippen molar-refractivity contribution in [2.75, 3.05) is 14.2 Å². The fraction of sp³-hybridized carbons (Fsp3) is 0.100. The summed E-state index contributed by atoms with van der Waals surface area (Å²) in [4.78, 5) is 7.35. The van der Waals surface area contributed by atoms with E-state index >= 15 is 0 Å². The Kier molecular flexibility index (Phi) is 5.84. The van der Waals surface area contributed by atoms with E-state index in [1.165, 1.54) is 50.9 Å². The van der Waals surface area contributed by atoms with E-state index in [2.05, 4.69) is 9.97 Å². The van der Waals surface area contributed by atoms with Gasteiger partial charge in [0.2, 0.25) is 5.95 Å². The highest BCUT2D eigenvalue weighted by Crippen LogP contribution is 2.29. The van der Waals surface area contributed by atoms with Crippen LogP contribution in [0.1, 0.15) is 0 Å². The summed E-state index contributed by atoms with van der Waals surface area (Å²) in [6, 6.07) is 8.14. The molecule has 2 aromatic carbocycles. The molecule has 0 saturated heterocycles. The molecular weight excluding hydrogens is 393 g/mol. The van der Waals surface area contributed by atoms with Crippen LogP contribution in [0.2, 0.25) is 5.15 Å². The lowest BCUT2D eigenvalue weighted by molar-refractivity contribution is 0.416. The normalized spacial score (nSPS) is 10.5. The van der Waals surface area contributed by atoms with E-state index in [-0.39, 0.29) is 16.4 Å². The lowest BCUT2D eigenvalue weighted by Crippen LogP contribution is -1.91. The smallest absolute Gasteiger partial charge is 0.221 e. The predicted octanol–water partition coefficient (Wildman–Crippen LogP) is 5.56. The van der Waals surface area contributed by atoms with E-state index in [0.717, 1.165) is 11.5 Å². The van der Waals surface area contributed by atoms with Crippen molar-refractivity contribution in [1.82, 2.24) is 9.97 Å². The van der Waals surface area contributed by atoms with Gasteiger partial charge in [-0.25, -0.2) is 18.7 Å². The van der Waals surface area contributed by atoms with E-state index in [9.17, 15) is 13.2 Å². The minimum absolute atomic E-state index is 0.129. The molecule has 4 rings (SSSR count). The highest BCUT2D eigenvalue weighted by molar-refractivity contribution is 6.34. The standard InChI is InChI=1S/C10H7ClFNO.C10H7F2NO/c1-14-9-5-13-10(11)8-4-6(12)2-3-7(8)9;1-14-9-5-13-10(12)8-4-6(11)2-3-7(8)9/h2*2-5H,1H3. The van der Waals surface area contributed by atoms with Gasteiger partial charge in [-0.3, -0.25) is 0 Å². The Morgan fingerprint density at radius 2 is 1.21 bits per heavy atom. The van der Waals surface area contributed by atoms with E-state index in [4.69, 9.17) is 21.1 Å². The van der Waals surface area contributed by atoms with Gasteiger partial charge >= 0.3 is 0 Å². The monoisotopic (exact) mass is 406 g/mol. The van der Waals surface area contributed by atoms with Crippen molar-refractivity contribution in [1.29, 1.82) is 0 Å². The molecule has 0 radical (unpaired) electrons. The van der Waals surface area contributed by atoms with E-state index < -0.39 is 11.8 Å². The van der Waals surface area contributed by atoms with Gasteiger partial charge in [-0.1, -0.05) is 11.6 Å². The lowest BCUT2D eigenvalue weighted by Gasteiger charge is -2.05. The lowest BCUT2D eigenvalue weighted by atomic mass is 10.1. The van der Waals surface area contributed by atoms with E-state index in [1.807, 2.05) is 0 Å². The molecule has 0 N–H and O–H groups in total. The van der Waals surface area contributed by atoms with Crippen LogP contribution in [0.4, 0.5) is 13.2 Å². The van der Waals surface area contributed by atoms with Crippen LogP contribution in [0, 0.1) is 17.6 Å². The molecule has 4 nitrogen and oxygen atoms in total. The molecule has 0 aliphatic heterocycles. The summed E-state index contributed by atoms with van der Waals surface area (Å²) in [6.07, 6.45) is 2.79. The summed E-state index contributed by atoms with van der Waals surface area (Å²) in [5, 5.41) is 2.24. The molecule has 0 atom stereocenters. The van der Waals surface area contributed by atoms with Crippen LogP contribution in [0.25, 0.3) is 21.5 Å². The molecule has 144 valence electrons. The van der Waals surface area contributed by atoms with Gasteiger partial charge in [-0.15, -0.1) is 0 Å². The van der Waals surface area contributed by atoms with Crippen molar-refractivity contribution < 1.29 is 22.6 Å². The molecular formula is C20H14ClF3N2O2. The Bertz CT molecular complexity index is 1060. The third-order valence-electron chi connectivity index (χ3n) is 3.97. The van der Waals surface area contributed by atoms with Gasteiger partial charge in [0.1, 0.15) is 28.3 Å². The third kappa shape index (κ3) is 3.94. The molecule has 0 spiro atoms. The quantitative estimate of drug-likeness (QED) is 0.409. The number of methoxy groups -OCH3 is 2. The summed E-state index contributed by atoms with van der Waals surface area (Å²) in [7, 11) is 2.99. The van der Waals surface area contributed by atoms with Crippen molar-refractivity contribution >= 4 is 33.1 Å².